The van der Waals surface area contributed by atoms with Crippen LogP contribution in [0.2, 0.25) is 5.02 Å². The first-order valence-electron chi connectivity index (χ1n) is 5.28. The van der Waals surface area contributed by atoms with E-state index in [0.717, 1.165) is 22.5 Å². The van der Waals surface area contributed by atoms with Gasteiger partial charge >= 0.3 is 0 Å². The summed E-state index contributed by atoms with van der Waals surface area (Å²) in [5.74, 6) is 0. The number of halogens is 2. The van der Waals surface area contributed by atoms with E-state index in [9.17, 15) is 0 Å². The Morgan fingerprint density at radius 3 is 2.50 bits per heavy atom. The van der Waals surface area contributed by atoms with Gasteiger partial charge in [0.1, 0.15) is 0 Å². The summed E-state index contributed by atoms with van der Waals surface area (Å²) in [7, 11) is 0. The Morgan fingerprint density at radius 1 is 1.25 bits per heavy atom. The highest BCUT2D eigenvalue weighted by atomic mass is 79.9. The molecule has 90 valence electrons. The van der Waals surface area contributed by atoms with Crippen LogP contribution in [0, 0.1) is 0 Å². The zero-order valence-electron chi connectivity index (χ0n) is 9.29. The quantitative estimate of drug-likeness (QED) is 0.563. The van der Waals surface area contributed by atoms with Crippen molar-refractivity contribution in [3.8, 4) is 0 Å². The van der Waals surface area contributed by atoms with E-state index in [1.165, 1.54) is 0 Å². The standard InChI is InChI=1S/C12H16BrClO2/c1-2-15-7-8-16-12(9-13)10-3-5-11(14)6-4-10/h3-6,12H,2,7-9H2,1H3. The van der Waals surface area contributed by atoms with Crippen LogP contribution in [-0.4, -0.2) is 25.2 Å². The van der Waals surface area contributed by atoms with Crippen molar-refractivity contribution in [2.24, 2.45) is 0 Å². The zero-order chi connectivity index (χ0) is 11.8. The zero-order valence-corrected chi connectivity index (χ0v) is 11.6. The third-order valence-electron chi connectivity index (χ3n) is 2.13. The molecule has 1 aromatic rings. The Bertz CT molecular complexity index is 290. The van der Waals surface area contributed by atoms with Gasteiger partial charge in [-0.15, -0.1) is 0 Å². The first kappa shape index (κ1) is 14.0. The minimum atomic E-state index is 0.0534. The summed E-state index contributed by atoms with van der Waals surface area (Å²) >= 11 is 9.27. The summed E-state index contributed by atoms with van der Waals surface area (Å²) in [6, 6.07) is 7.71. The molecule has 0 aliphatic heterocycles. The normalized spacial score (nSPS) is 12.7. The molecule has 0 fully saturated rings. The summed E-state index contributed by atoms with van der Waals surface area (Å²) in [5, 5.41) is 1.51. The topological polar surface area (TPSA) is 18.5 Å². The van der Waals surface area contributed by atoms with E-state index in [1.54, 1.807) is 0 Å². The molecule has 1 rings (SSSR count). The molecule has 0 saturated carbocycles. The summed E-state index contributed by atoms with van der Waals surface area (Å²) in [6.07, 6.45) is 0.0534. The molecular formula is C12H16BrClO2. The number of benzene rings is 1. The maximum atomic E-state index is 5.83. The molecule has 1 unspecified atom stereocenters. The van der Waals surface area contributed by atoms with Gasteiger partial charge in [0.2, 0.25) is 0 Å². The molecule has 0 saturated heterocycles. The van der Waals surface area contributed by atoms with Gasteiger partial charge in [0.25, 0.3) is 0 Å². The van der Waals surface area contributed by atoms with Crippen molar-refractivity contribution >= 4 is 27.5 Å². The van der Waals surface area contributed by atoms with Crippen LogP contribution in [0.15, 0.2) is 24.3 Å². The van der Waals surface area contributed by atoms with Crippen LogP contribution in [-0.2, 0) is 9.47 Å². The maximum Gasteiger partial charge on any atom is 0.0922 e. The smallest absolute Gasteiger partial charge is 0.0922 e. The monoisotopic (exact) mass is 306 g/mol. The van der Waals surface area contributed by atoms with Gasteiger partial charge in [0.05, 0.1) is 19.3 Å². The fourth-order valence-corrected chi connectivity index (χ4v) is 1.99. The molecular weight excluding hydrogens is 291 g/mol. The van der Waals surface area contributed by atoms with Crippen LogP contribution >= 0.6 is 27.5 Å². The Labute approximate surface area is 110 Å². The van der Waals surface area contributed by atoms with Gasteiger partial charge in [-0.2, -0.15) is 0 Å². The van der Waals surface area contributed by atoms with E-state index >= 15 is 0 Å². The third kappa shape index (κ3) is 4.83. The van der Waals surface area contributed by atoms with E-state index < -0.39 is 0 Å². The number of rotatable bonds is 7. The maximum absolute atomic E-state index is 5.83. The Kier molecular flexibility index (Phi) is 7.05. The van der Waals surface area contributed by atoms with Gasteiger partial charge in [-0.1, -0.05) is 39.7 Å². The molecule has 0 spiro atoms. The van der Waals surface area contributed by atoms with Gasteiger partial charge in [0.15, 0.2) is 0 Å². The number of alkyl halides is 1. The molecule has 0 amide bonds. The molecule has 0 N–H and O–H groups in total. The SMILES string of the molecule is CCOCCOC(CBr)c1ccc(Cl)cc1. The second kappa shape index (κ2) is 8.07. The van der Waals surface area contributed by atoms with E-state index in [2.05, 4.69) is 15.9 Å². The van der Waals surface area contributed by atoms with E-state index in [-0.39, 0.29) is 6.10 Å². The van der Waals surface area contributed by atoms with Crippen molar-refractivity contribution in [1.82, 2.24) is 0 Å². The van der Waals surface area contributed by atoms with Crippen LogP contribution in [0.4, 0.5) is 0 Å². The summed E-state index contributed by atoms with van der Waals surface area (Å²) in [6.45, 7) is 3.94. The molecule has 0 aliphatic rings. The van der Waals surface area contributed by atoms with Gasteiger partial charge in [0, 0.05) is 17.0 Å². The predicted octanol–water partition coefficient (Wildman–Crippen LogP) is 3.83. The van der Waals surface area contributed by atoms with E-state index in [0.29, 0.717) is 13.2 Å². The highest BCUT2D eigenvalue weighted by Gasteiger charge is 2.09. The largest absolute Gasteiger partial charge is 0.379 e. The van der Waals surface area contributed by atoms with Crippen LogP contribution < -0.4 is 0 Å². The molecule has 0 radical (unpaired) electrons. The lowest BCUT2D eigenvalue weighted by Gasteiger charge is -2.15. The van der Waals surface area contributed by atoms with Crippen LogP contribution in [0.3, 0.4) is 0 Å². The highest BCUT2D eigenvalue weighted by Crippen LogP contribution is 2.21. The van der Waals surface area contributed by atoms with Gasteiger partial charge in [-0.25, -0.2) is 0 Å². The second-order valence-electron chi connectivity index (χ2n) is 3.26. The number of hydrogen-bond donors (Lipinski definition) is 0. The molecule has 1 aromatic carbocycles. The number of ether oxygens (including phenoxy) is 2. The minimum Gasteiger partial charge on any atom is -0.379 e. The number of hydrogen-bond acceptors (Lipinski definition) is 2. The first-order chi connectivity index (χ1) is 7.77. The minimum absolute atomic E-state index is 0.0534. The molecule has 16 heavy (non-hydrogen) atoms. The molecule has 0 bridgehead atoms. The fourth-order valence-electron chi connectivity index (χ4n) is 1.30. The summed E-state index contributed by atoms with van der Waals surface area (Å²) in [4.78, 5) is 0. The average molecular weight is 308 g/mol. The Balaban J connectivity index is 2.44. The van der Waals surface area contributed by atoms with Crippen molar-refractivity contribution in [2.45, 2.75) is 13.0 Å². The van der Waals surface area contributed by atoms with Crippen molar-refractivity contribution in [3.05, 3.63) is 34.9 Å². The molecule has 0 heterocycles. The Morgan fingerprint density at radius 2 is 1.94 bits per heavy atom. The summed E-state index contributed by atoms with van der Waals surface area (Å²) in [5.41, 5.74) is 1.12. The predicted molar refractivity (Wildman–Crippen MR) is 70.4 cm³/mol. The van der Waals surface area contributed by atoms with Crippen molar-refractivity contribution in [3.63, 3.8) is 0 Å². The fraction of sp³-hybridized carbons (Fsp3) is 0.500. The lowest BCUT2D eigenvalue weighted by molar-refractivity contribution is 0.0171. The van der Waals surface area contributed by atoms with Crippen LogP contribution in [0.5, 0.6) is 0 Å². The highest BCUT2D eigenvalue weighted by molar-refractivity contribution is 9.09. The molecule has 0 aromatic heterocycles. The first-order valence-corrected chi connectivity index (χ1v) is 6.78. The molecule has 2 nitrogen and oxygen atoms in total. The van der Waals surface area contributed by atoms with Gasteiger partial charge < -0.3 is 9.47 Å². The van der Waals surface area contributed by atoms with Crippen molar-refractivity contribution in [2.75, 3.05) is 25.2 Å². The molecule has 4 heteroatoms. The molecule has 1 atom stereocenters. The van der Waals surface area contributed by atoms with Crippen molar-refractivity contribution < 1.29 is 9.47 Å². The van der Waals surface area contributed by atoms with E-state index in [4.69, 9.17) is 21.1 Å². The second-order valence-corrected chi connectivity index (χ2v) is 4.35. The van der Waals surface area contributed by atoms with Gasteiger partial charge in [-0.3, -0.25) is 0 Å². The summed E-state index contributed by atoms with van der Waals surface area (Å²) < 4.78 is 10.9. The van der Waals surface area contributed by atoms with Crippen LogP contribution in [0.1, 0.15) is 18.6 Å². The third-order valence-corrected chi connectivity index (χ3v) is 2.97. The van der Waals surface area contributed by atoms with Crippen molar-refractivity contribution in [1.29, 1.82) is 0 Å². The lowest BCUT2D eigenvalue weighted by atomic mass is 10.1. The van der Waals surface area contributed by atoms with Gasteiger partial charge in [-0.05, 0) is 24.6 Å². The average Bonchev–Trinajstić information content (AvgIpc) is 2.31. The Hall–Kier alpha value is -0.0900. The molecule has 0 aliphatic carbocycles. The lowest BCUT2D eigenvalue weighted by Crippen LogP contribution is -2.10. The van der Waals surface area contributed by atoms with E-state index in [1.807, 2.05) is 31.2 Å². The van der Waals surface area contributed by atoms with Crippen LogP contribution in [0.25, 0.3) is 0 Å².